The fourth-order valence-electron chi connectivity index (χ4n) is 2.38. The Bertz CT molecular complexity index is 467. The van der Waals surface area contributed by atoms with Gasteiger partial charge in [-0.2, -0.15) is 13.2 Å². The minimum atomic E-state index is -4.38. The Balaban J connectivity index is 0.00000220. The number of alkyl halides is 3. The molecule has 0 bridgehead atoms. The summed E-state index contributed by atoms with van der Waals surface area (Å²) in [6.45, 7) is 2.74. The van der Waals surface area contributed by atoms with E-state index in [0.717, 1.165) is 25.2 Å². The summed E-state index contributed by atoms with van der Waals surface area (Å²) in [7, 11) is 0. The van der Waals surface area contributed by atoms with Crippen molar-refractivity contribution < 1.29 is 18.3 Å². The largest absolute Gasteiger partial charge is 0.416 e. The topological polar surface area (TPSA) is 35.5 Å². The highest BCUT2D eigenvalue weighted by atomic mass is 79.9. The number of halogens is 5. The molecule has 0 spiro atoms. The Kier molecular flexibility index (Phi) is 6.93. The summed E-state index contributed by atoms with van der Waals surface area (Å²) in [5.74, 6) is 0. The zero-order valence-electron chi connectivity index (χ0n) is 11.2. The summed E-state index contributed by atoms with van der Waals surface area (Å²) >= 11 is 3.28. The summed E-state index contributed by atoms with van der Waals surface area (Å²) in [6, 6.07) is 3.13. The molecule has 0 saturated carbocycles. The molecule has 1 aromatic rings. The number of aliphatic hydroxyl groups excluding tert-OH is 1. The van der Waals surface area contributed by atoms with E-state index < -0.39 is 17.8 Å². The Hall–Kier alpha value is -0.340. The van der Waals surface area contributed by atoms with E-state index in [1.165, 1.54) is 6.07 Å². The summed E-state index contributed by atoms with van der Waals surface area (Å²) < 4.78 is 39.0. The standard InChI is InChI=1S/C13H16BrF3N2O.ClH/c14-11-2-1-9(13(15,16)17)7-10(11)12(8-20)19-5-3-18-4-6-19;/h1-2,7,12,18,20H,3-6,8H2;1H/t12-;/m0./s1. The van der Waals surface area contributed by atoms with Gasteiger partial charge in [0.25, 0.3) is 0 Å². The minimum absolute atomic E-state index is 0. The van der Waals surface area contributed by atoms with E-state index in [1.54, 1.807) is 0 Å². The van der Waals surface area contributed by atoms with E-state index in [1.807, 2.05) is 4.90 Å². The zero-order chi connectivity index (χ0) is 14.8. The maximum absolute atomic E-state index is 12.8. The SMILES string of the molecule is Cl.OC[C@@H](c1cc(C(F)(F)F)ccc1Br)N1CCNCC1. The van der Waals surface area contributed by atoms with Gasteiger partial charge in [-0.1, -0.05) is 15.9 Å². The van der Waals surface area contributed by atoms with E-state index in [9.17, 15) is 18.3 Å². The van der Waals surface area contributed by atoms with E-state index in [2.05, 4.69) is 21.2 Å². The second-order valence-electron chi connectivity index (χ2n) is 4.72. The molecule has 0 aromatic heterocycles. The average molecular weight is 390 g/mol. The van der Waals surface area contributed by atoms with Gasteiger partial charge in [0.05, 0.1) is 18.2 Å². The molecule has 2 rings (SSSR count). The summed E-state index contributed by atoms with van der Waals surface area (Å²) in [5.41, 5.74) is -0.214. The number of piperazine rings is 1. The van der Waals surface area contributed by atoms with Crippen molar-refractivity contribution in [1.82, 2.24) is 10.2 Å². The number of hydrogen-bond acceptors (Lipinski definition) is 3. The van der Waals surface area contributed by atoms with Gasteiger partial charge in [0, 0.05) is 30.7 Å². The number of nitrogens with zero attached hydrogens (tertiary/aromatic N) is 1. The Morgan fingerprint density at radius 2 is 1.90 bits per heavy atom. The third kappa shape index (κ3) is 4.56. The second kappa shape index (κ2) is 7.78. The lowest BCUT2D eigenvalue weighted by atomic mass is 10.0. The van der Waals surface area contributed by atoms with Gasteiger partial charge in [-0.25, -0.2) is 0 Å². The average Bonchev–Trinajstić information content (AvgIpc) is 2.41. The Labute approximate surface area is 136 Å². The predicted molar refractivity (Wildman–Crippen MR) is 80.7 cm³/mol. The van der Waals surface area contributed by atoms with Crippen molar-refractivity contribution in [3.05, 3.63) is 33.8 Å². The maximum Gasteiger partial charge on any atom is 0.416 e. The third-order valence-electron chi connectivity index (χ3n) is 3.45. The van der Waals surface area contributed by atoms with Crippen molar-refractivity contribution in [2.24, 2.45) is 0 Å². The van der Waals surface area contributed by atoms with Crippen LogP contribution in [0.15, 0.2) is 22.7 Å². The van der Waals surface area contributed by atoms with Gasteiger partial charge < -0.3 is 10.4 Å². The van der Waals surface area contributed by atoms with Gasteiger partial charge in [0.2, 0.25) is 0 Å². The molecule has 3 nitrogen and oxygen atoms in total. The lowest BCUT2D eigenvalue weighted by Crippen LogP contribution is -2.46. The molecule has 1 saturated heterocycles. The van der Waals surface area contributed by atoms with E-state index in [0.29, 0.717) is 23.1 Å². The summed E-state index contributed by atoms with van der Waals surface area (Å²) in [6.07, 6.45) is -4.38. The highest BCUT2D eigenvalue weighted by Crippen LogP contribution is 2.35. The molecule has 1 aliphatic rings. The third-order valence-corrected chi connectivity index (χ3v) is 4.17. The fraction of sp³-hybridized carbons (Fsp3) is 0.538. The molecule has 0 amide bonds. The van der Waals surface area contributed by atoms with Gasteiger partial charge in [-0.05, 0) is 23.8 Å². The van der Waals surface area contributed by atoms with Crippen molar-refractivity contribution >= 4 is 28.3 Å². The number of rotatable bonds is 3. The molecule has 8 heteroatoms. The van der Waals surface area contributed by atoms with Crippen LogP contribution in [0.4, 0.5) is 13.2 Å². The molecule has 1 heterocycles. The molecule has 1 atom stereocenters. The minimum Gasteiger partial charge on any atom is -0.394 e. The molecule has 1 aliphatic heterocycles. The first kappa shape index (κ1) is 18.7. The van der Waals surface area contributed by atoms with Gasteiger partial charge >= 0.3 is 6.18 Å². The fourth-order valence-corrected chi connectivity index (χ4v) is 2.89. The van der Waals surface area contributed by atoms with Crippen LogP contribution >= 0.6 is 28.3 Å². The van der Waals surface area contributed by atoms with Crippen LogP contribution in [0.25, 0.3) is 0 Å². The second-order valence-corrected chi connectivity index (χ2v) is 5.57. The predicted octanol–water partition coefficient (Wildman–Crippen LogP) is 2.83. The van der Waals surface area contributed by atoms with Crippen molar-refractivity contribution in [3.8, 4) is 0 Å². The van der Waals surface area contributed by atoms with Crippen LogP contribution in [0.5, 0.6) is 0 Å². The Morgan fingerprint density at radius 3 is 2.43 bits per heavy atom. The van der Waals surface area contributed by atoms with Crippen LogP contribution < -0.4 is 5.32 Å². The lowest BCUT2D eigenvalue weighted by molar-refractivity contribution is -0.137. The quantitative estimate of drug-likeness (QED) is 0.834. The van der Waals surface area contributed by atoms with Gasteiger partial charge in [-0.3, -0.25) is 4.90 Å². The smallest absolute Gasteiger partial charge is 0.394 e. The van der Waals surface area contributed by atoms with Crippen LogP contribution in [0, 0.1) is 0 Å². The zero-order valence-corrected chi connectivity index (χ0v) is 13.6. The van der Waals surface area contributed by atoms with Gasteiger partial charge in [-0.15, -0.1) is 12.4 Å². The first-order chi connectivity index (χ1) is 9.43. The monoisotopic (exact) mass is 388 g/mol. The normalized spacial score (nSPS) is 18.1. The van der Waals surface area contributed by atoms with Crippen molar-refractivity contribution in [3.63, 3.8) is 0 Å². The molecular weight excluding hydrogens is 373 g/mol. The molecule has 0 unspecified atom stereocenters. The first-order valence-electron chi connectivity index (χ1n) is 6.35. The molecule has 0 radical (unpaired) electrons. The number of nitrogens with one attached hydrogen (secondary N) is 1. The van der Waals surface area contributed by atoms with Gasteiger partial charge in [0.15, 0.2) is 0 Å². The highest BCUT2D eigenvalue weighted by Gasteiger charge is 2.32. The molecule has 1 aromatic carbocycles. The van der Waals surface area contributed by atoms with E-state index in [4.69, 9.17) is 0 Å². The van der Waals surface area contributed by atoms with Crippen LogP contribution in [0.3, 0.4) is 0 Å². The van der Waals surface area contributed by atoms with Crippen LogP contribution in [0.2, 0.25) is 0 Å². The van der Waals surface area contributed by atoms with Crippen molar-refractivity contribution in [2.75, 3.05) is 32.8 Å². The van der Waals surface area contributed by atoms with Crippen LogP contribution in [-0.2, 0) is 6.18 Å². The van der Waals surface area contributed by atoms with E-state index in [-0.39, 0.29) is 19.0 Å². The highest BCUT2D eigenvalue weighted by molar-refractivity contribution is 9.10. The number of benzene rings is 1. The summed E-state index contributed by atoms with van der Waals surface area (Å²) in [4.78, 5) is 2.00. The lowest BCUT2D eigenvalue weighted by Gasteiger charge is -2.34. The van der Waals surface area contributed by atoms with E-state index >= 15 is 0 Å². The molecule has 21 heavy (non-hydrogen) atoms. The Morgan fingerprint density at radius 1 is 1.29 bits per heavy atom. The number of hydrogen-bond donors (Lipinski definition) is 2. The molecule has 1 fully saturated rings. The molecule has 120 valence electrons. The maximum atomic E-state index is 12.8. The van der Waals surface area contributed by atoms with Crippen LogP contribution in [0.1, 0.15) is 17.2 Å². The number of aliphatic hydroxyl groups is 1. The van der Waals surface area contributed by atoms with Gasteiger partial charge in [0.1, 0.15) is 0 Å². The molecular formula is C13H17BrClF3N2O. The molecule has 0 aliphatic carbocycles. The molecule has 2 N–H and O–H groups in total. The van der Waals surface area contributed by atoms with Crippen molar-refractivity contribution in [1.29, 1.82) is 0 Å². The summed E-state index contributed by atoms with van der Waals surface area (Å²) in [5, 5.41) is 12.8. The van der Waals surface area contributed by atoms with Crippen LogP contribution in [-0.4, -0.2) is 42.8 Å². The van der Waals surface area contributed by atoms with Crippen molar-refractivity contribution in [2.45, 2.75) is 12.2 Å². The first-order valence-corrected chi connectivity index (χ1v) is 7.15.